The molecule has 2 fully saturated rings. The fraction of sp³-hybridized carbons (Fsp3) is 0.500. The molecule has 0 unspecified atom stereocenters. The van der Waals surface area contributed by atoms with Crippen LogP contribution in [0, 0.1) is 11.3 Å². The van der Waals surface area contributed by atoms with Gasteiger partial charge in [0.1, 0.15) is 11.2 Å². The van der Waals surface area contributed by atoms with Gasteiger partial charge in [-0.15, -0.1) is 0 Å². The average molecular weight is 380 g/mol. The lowest BCUT2D eigenvalue weighted by Crippen LogP contribution is -2.54. The lowest BCUT2D eigenvalue weighted by atomic mass is 9.64. The van der Waals surface area contributed by atoms with Crippen molar-refractivity contribution in [2.45, 2.75) is 36.8 Å². The van der Waals surface area contributed by atoms with Gasteiger partial charge in [-0.1, -0.05) is 6.07 Å². The first-order valence-corrected chi connectivity index (χ1v) is 9.54. The summed E-state index contributed by atoms with van der Waals surface area (Å²) in [7, 11) is 3.18. The van der Waals surface area contributed by atoms with E-state index in [1.807, 2.05) is 18.2 Å². The number of pyridine rings is 1. The van der Waals surface area contributed by atoms with Crippen molar-refractivity contribution in [1.29, 1.82) is 5.26 Å². The van der Waals surface area contributed by atoms with Crippen LogP contribution in [0.3, 0.4) is 0 Å². The fourth-order valence-electron chi connectivity index (χ4n) is 4.37. The fourth-order valence-corrected chi connectivity index (χ4v) is 4.37. The quantitative estimate of drug-likeness (QED) is 0.818. The zero-order chi connectivity index (χ0) is 19.9. The van der Waals surface area contributed by atoms with E-state index in [2.05, 4.69) is 21.3 Å². The van der Waals surface area contributed by atoms with Crippen LogP contribution in [0.5, 0.6) is 0 Å². The van der Waals surface area contributed by atoms with E-state index in [9.17, 15) is 14.9 Å². The molecule has 1 aliphatic carbocycles. The second kappa shape index (κ2) is 6.91. The van der Waals surface area contributed by atoms with Crippen molar-refractivity contribution in [2.24, 2.45) is 14.1 Å². The maximum absolute atomic E-state index is 12.2. The highest BCUT2D eigenvalue weighted by molar-refractivity contribution is 5.40. The van der Waals surface area contributed by atoms with Gasteiger partial charge < -0.3 is 10.2 Å². The minimum absolute atomic E-state index is 0.268. The summed E-state index contributed by atoms with van der Waals surface area (Å²) >= 11 is 0. The van der Waals surface area contributed by atoms with E-state index < -0.39 is 5.41 Å². The van der Waals surface area contributed by atoms with E-state index >= 15 is 0 Å². The third kappa shape index (κ3) is 3.02. The van der Waals surface area contributed by atoms with E-state index in [0.29, 0.717) is 5.82 Å². The molecule has 146 valence electrons. The van der Waals surface area contributed by atoms with E-state index in [0.717, 1.165) is 42.6 Å². The molecule has 2 aliphatic rings. The molecule has 4 rings (SSSR count). The highest BCUT2D eigenvalue weighted by Gasteiger charge is 2.48. The first-order chi connectivity index (χ1) is 13.4. The van der Waals surface area contributed by atoms with Gasteiger partial charge in [-0.25, -0.2) is 4.79 Å². The van der Waals surface area contributed by atoms with Crippen LogP contribution in [0.1, 0.15) is 25.0 Å². The molecule has 0 aromatic carbocycles. The Morgan fingerprint density at radius 1 is 1.21 bits per heavy atom. The number of nitriles is 1. The summed E-state index contributed by atoms with van der Waals surface area (Å²) in [6, 6.07) is 10.2. The predicted octanol–water partition coefficient (Wildman–Crippen LogP) is 0.271. The Morgan fingerprint density at radius 2 is 2.00 bits per heavy atom. The number of aromatic nitrogens is 3. The Kier molecular flexibility index (Phi) is 4.55. The van der Waals surface area contributed by atoms with Gasteiger partial charge in [0.05, 0.1) is 11.8 Å². The number of nitrogens with one attached hydrogen (secondary N) is 1. The Balaban J connectivity index is 1.40. The Labute approximate surface area is 163 Å². The van der Waals surface area contributed by atoms with Crippen LogP contribution in [0.4, 0.5) is 5.82 Å². The van der Waals surface area contributed by atoms with Crippen LogP contribution in [0.25, 0.3) is 0 Å². The Bertz CT molecular complexity index is 1030. The van der Waals surface area contributed by atoms with Gasteiger partial charge in [-0.05, 0) is 31.4 Å². The van der Waals surface area contributed by atoms with Gasteiger partial charge in [0, 0.05) is 51.5 Å². The first kappa shape index (κ1) is 18.4. The molecular formula is C20H24N6O2. The lowest BCUT2D eigenvalue weighted by Gasteiger charge is -2.43. The van der Waals surface area contributed by atoms with Crippen molar-refractivity contribution in [3.8, 4) is 6.07 Å². The Hall–Kier alpha value is -2.92. The number of rotatable bonds is 4. The van der Waals surface area contributed by atoms with Gasteiger partial charge in [0.25, 0.3) is 5.56 Å². The normalized spacial score (nSPS) is 26.7. The number of hydrogen-bond donors (Lipinski definition) is 1. The minimum Gasteiger partial charge on any atom is -0.356 e. The second-order valence-electron chi connectivity index (χ2n) is 7.85. The molecule has 0 amide bonds. The molecule has 8 heteroatoms. The van der Waals surface area contributed by atoms with E-state index in [1.54, 1.807) is 13.2 Å². The molecule has 28 heavy (non-hydrogen) atoms. The van der Waals surface area contributed by atoms with Crippen LogP contribution in [-0.2, 0) is 19.5 Å². The van der Waals surface area contributed by atoms with Crippen LogP contribution >= 0.6 is 0 Å². The van der Waals surface area contributed by atoms with E-state index in [1.165, 1.54) is 17.7 Å². The van der Waals surface area contributed by atoms with Crippen LogP contribution in [0.15, 0.2) is 40.1 Å². The van der Waals surface area contributed by atoms with Crippen molar-refractivity contribution in [2.75, 3.05) is 18.0 Å². The van der Waals surface area contributed by atoms with E-state index in [4.69, 9.17) is 0 Å². The number of anilines is 1. The third-order valence-corrected chi connectivity index (χ3v) is 6.04. The summed E-state index contributed by atoms with van der Waals surface area (Å²) in [4.78, 5) is 30.6. The second-order valence-corrected chi connectivity index (χ2v) is 7.85. The topological polar surface area (TPSA) is 95.9 Å². The molecule has 2 aromatic heterocycles. The highest BCUT2D eigenvalue weighted by Crippen LogP contribution is 2.42. The molecule has 2 aromatic rings. The first-order valence-electron chi connectivity index (χ1n) is 9.54. The molecule has 1 saturated heterocycles. The summed E-state index contributed by atoms with van der Waals surface area (Å²) in [5.74, 6) is 0.658. The lowest BCUT2D eigenvalue weighted by molar-refractivity contribution is 0.208. The van der Waals surface area contributed by atoms with Crippen molar-refractivity contribution in [3.63, 3.8) is 0 Å². The molecule has 0 bridgehead atoms. The maximum atomic E-state index is 12.2. The molecular weight excluding hydrogens is 356 g/mol. The molecule has 3 heterocycles. The maximum Gasteiger partial charge on any atom is 0.332 e. The van der Waals surface area contributed by atoms with Gasteiger partial charge in [0.2, 0.25) is 0 Å². The van der Waals surface area contributed by atoms with Crippen molar-refractivity contribution < 1.29 is 0 Å². The molecule has 1 aliphatic heterocycles. The van der Waals surface area contributed by atoms with Crippen molar-refractivity contribution in [1.82, 2.24) is 19.4 Å². The third-order valence-electron chi connectivity index (χ3n) is 6.04. The number of nitrogens with zero attached hydrogens (tertiary/aromatic N) is 5. The smallest absolute Gasteiger partial charge is 0.332 e. The Morgan fingerprint density at radius 3 is 2.68 bits per heavy atom. The largest absolute Gasteiger partial charge is 0.356 e. The molecule has 0 spiro atoms. The molecule has 1 atom stereocenters. The van der Waals surface area contributed by atoms with Crippen molar-refractivity contribution in [3.05, 3.63) is 57.0 Å². The summed E-state index contributed by atoms with van der Waals surface area (Å²) in [6.07, 6.45) is 4.17. The molecule has 8 nitrogen and oxygen atoms in total. The monoisotopic (exact) mass is 380 g/mol. The standard InChI is InChI=1S/C20H24N6O2/c1-24-17(9-18(27)25(2)19(24)28)26-8-6-14(12-26)23-15-10-20(11-15,13-21)16-5-3-4-7-22-16/h3-5,7,9,14-15,23H,6,8,10-12H2,1-2H3/t14-,15?,20?/m1/s1. The molecule has 1 N–H and O–H groups in total. The molecule has 1 saturated carbocycles. The van der Waals surface area contributed by atoms with Gasteiger partial charge >= 0.3 is 5.69 Å². The van der Waals surface area contributed by atoms with E-state index in [-0.39, 0.29) is 23.3 Å². The van der Waals surface area contributed by atoms with Crippen LogP contribution in [0.2, 0.25) is 0 Å². The predicted molar refractivity (Wildman–Crippen MR) is 105 cm³/mol. The van der Waals surface area contributed by atoms with Gasteiger partial charge in [-0.2, -0.15) is 5.26 Å². The summed E-state index contributed by atoms with van der Waals surface area (Å²) < 4.78 is 2.64. The summed E-state index contributed by atoms with van der Waals surface area (Å²) in [5.41, 5.74) is -0.249. The summed E-state index contributed by atoms with van der Waals surface area (Å²) in [6.45, 7) is 1.52. The van der Waals surface area contributed by atoms with Crippen LogP contribution in [-0.4, -0.2) is 39.3 Å². The average Bonchev–Trinajstić information content (AvgIpc) is 3.14. The highest BCUT2D eigenvalue weighted by atomic mass is 16.2. The molecule has 0 radical (unpaired) electrons. The van der Waals surface area contributed by atoms with Crippen molar-refractivity contribution >= 4 is 5.82 Å². The minimum atomic E-state index is -0.493. The SMILES string of the molecule is Cn1c(N2CC[C@@H](NC3CC(C#N)(c4ccccn4)C3)C2)cc(=O)n(C)c1=O. The van der Waals surface area contributed by atoms with Crippen LogP contribution < -0.4 is 21.5 Å². The zero-order valence-corrected chi connectivity index (χ0v) is 16.1. The number of hydrogen-bond acceptors (Lipinski definition) is 6. The summed E-state index contributed by atoms with van der Waals surface area (Å²) in [5, 5.41) is 13.3. The zero-order valence-electron chi connectivity index (χ0n) is 16.1. The van der Waals surface area contributed by atoms with Gasteiger partial charge in [-0.3, -0.25) is 18.9 Å². The van der Waals surface area contributed by atoms with Gasteiger partial charge in [0.15, 0.2) is 0 Å².